The van der Waals surface area contributed by atoms with Gasteiger partial charge in [0, 0.05) is 9.81 Å². The van der Waals surface area contributed by atoms with Crippen molar-refractivity contribution in [3.8, 4) is 0 Å². The molecule has 0 bridgehead atoms. The number of azide groups is 1. The van der Waals surface area contributed by atoms with Gasteiger partial charge in [0.25, 0.3) is 0 Å². The molecule has 1 rings (SSSR count). The maximum atomic E-state index is 8.10. The number of hydrogen-bond acceptors (Lipinski definition) is 5. The van der Waals surface area contributed by atoms with Gasteiger partial charge in [-0.05, 0) is 23.2 Å². The van der Waals surface area contributed by atoms with Crippen molar-refractivity contribution >= 4 is 12.0 Å². The van der Waals surface area contributed by atoms with Crippen LogP contribution in [0.25, 0.3) is 10.4 Å². The van der Waals surface area contributed by atoms with Gasteiger partial charge in [-0.3, -0.25) is 0 Å². The Hall–Kier alpha value is -1.24. The molecule has 0 amide bonds. The highest BCUT2D eigenvalue weighted by Gasteiger charge is 1.95. The Labute approximate surface area is 84.7 Å². The molecule has 0 heterocycles. The molecular formula is C7H8N4O2S. The van der Waals surface area contributed by atoms with Crippen molar-refractivity contribution < 1.29 is 9.32 Å². The quantitative estimate of drug-likeness (QED) is 0.202. The third kappa shape index (κ3) is 3.65. The predicted octanol–water partition coefficient (Wildman–Crippen LogP) is 2.33. The summed E-state index contributed by atoms with van der Waals surface area (Å²) in [5.41, 5.74) is 9.03. The standard InChI is InChI=1S/C7H8N4O2S/c8-11-10-5-6-1-3-7(4-2-6)14-13-12-9/h1-4H,5,9H2. The van der Waals surface area contributed by atoms with Crippen LogP contribution >= 0.6 is 12.0 Å². The molecule has 0 aliphatic rings. The maximum Gasteiger partial charge on any atom is 0.0702 e. The molecule has 1 aromatic rings. The van der Waals surface area contributed by atoms with Crippen molar-refractivity contribution in [1.82, 2.24) is 0 Å². The monoisotopic (exact) mass is 212 g/mol. The van der Waals surface area contributed by atoms with Gasteiger partial charge in [0.15, 0.2) is 0 Å². The van der Waals surface area contributed by atoms with Gasteiger partial charge in [0.2, 0.25) is 0 Å². The van der Waals surface area contributed by atoms with E-state index in [2.05, 4.69) is 25.2 Å². The Kier molecular flexibility index (Phi) is 4.84. The molecule has 0 aromatic heterocycles. The second-order valence-electron chi connectivity index (χ2n) is 2.28. The summed E-state index contributed by atoms with van der Waals surface area (Å²) < 4.78 is 4.45. The van der Waals surface area contributed by atoms with Crippen molar-refractivity contribution in [2.45, 2.75) is 11.4 Å². The van der Waals surface area contributed by atoms with E-state index in [1.165, 1.54) is 0 Å². The van der Waals surface area contributed by atoms with Gasteiger partial charge in [-0.15, -0.1) is 9.32 Å². The average Bonchev–Trinajstić information content (AvgIpc) is 2.25. The van der Waals surface area contributed by atoms with Crippen LogP contribution in [0.15, 0.2) is 34.3 Å². The molecule has 0 aliphatic carbocycles. The van der Waals surface area contributed by atoms with Crippen LogP contribution < -0.4 is 5.90 Å². The molecule has 0 radical (unpaired) electrons. The van der Waals surface area contributed by atoms with Crippen molar-refractivity contribution in [3.63, 3.8) is 0 Å². The summed E-state index contributed by atoms with van der Waals surface area (Å²) in [4.78, 5) is 7.45. The molecule has 0 saturated carbocycles. The first-order chi connectivity index (χ1) is 6.86. The first kappa shape index (κ1) is 10.8. The van der Waals surface area contributed by atoms with E-state index in [0.717, 1.165) is 22.5 Å². The summed E-state index contributed by atoms with van der Waals surface area (Å²) in [5, 5.41) is 3.43. The fourth-order valence-electron chi connectivity index (χ4n) is 0.823. The highest BCUT2D eigenvalue weighted by Crippen LogP contribution is 2.19. The molecule has 0 atom stereocenters. The van der Waals surface area contributed by atoms with Crippen LogP contribution in [0.4, 0.5) is 0 Å². The Balaban J connectivity index is 2.54. The van der Waals surface area contributed by atoms with Gasteiger partial charge in [-0.2, -0.15) is 5.90 Å². The Morgan fingerprint density at radius 3 is 2.71 bits per heavy atom. The summed E-state index contributed by atoms with van der Waals surface area (Å²) in [5.74, 6) is 4.67. The number of nitrogens with two attached hydrogens (primary N) is 1. The normalized spacial score (nSPS) is 9.50. The van der Waals surface area contributed by atoms with Gasteiger partial charge in [0.1, 0.15) is 0 Å². The first-order valence-electron chi connectivity index (χ1n) is 3.66. The van der Waals surface area contributed by atoms with E-state index in [1.807, 2.05) is 24.3 Å². The molecule has 7 heteroatoms. The van der Waals surface area contributed by atoms with Crippen LogP contribution in [0, 0.1) is 0 Å². The molecule has 0 aliphatic heterocycles. The van der Waals surface area contributed by atoms with E-state index in [0.29, 0.717) is 6.54 Å². The van der Waals surface area contributed by atoms with Gasteiger partial charge < -0.3 is 0 Å². The number of nitrogens with zero attached hydrogens (tertiary/aromatic N) is 3. The lowest BCUT2D eigenvalue weighted by molar-refractivity contribution is -0.195. The number of hydrogen-bond donors (Lipinski definition) is 1. The zero-order valence-electron chi connectivity index (χ0n) is 7.16. The molecular weight excluding hydrogens is 204 g/mol. The third-order valence-corrected chi connectivity index (χ3v) is 2.02. The van der Waals surface area contributed by atoms with E-state index in [1.54, 1.807) is 0 Å². The molecule has 14 heavy (non-hydrogen) atoms. The molecule has 0 saturated heterocycles. The lowest BCUT2D eigenvalue weighted by Crippen LogP contribution is -1.93. The molecule has 2 N–H and O–H groups in total. The van der Waals surface area contributed by atoms with Crippen LogP contribution in [0.5, 0.6) is 0 Å². The van der Waals surface area contributed by atoms with E-state index in [4.69, 9.17) is 5.53 Å². The SMILES string of the molecule is [N-]=[N+]=NCc1ccc(SOON)cc1. The van der Waals surface area contributed by atoms with Crippen LogP contribution in [0.2, 0.25) is 0 Å². The summed E-state index contributed by atoms with van der Waals surface area (Å²) in [7, 11) is 0. The van der Waals surface area contributed by atoms with Crippen LogP contribution in [-0.2, 0) is 15.9 Å². The second-order valence-corrected chi connectivity index (χ2v) is 3.05. The molecule has 6 nitrogen and oxygen atoms in total. The number of benzene rings is 1. The second kappa shape index (κ2) is 6.25. The topological polar surface area (TPSA) is 93.2 Å². The van der Waals surface area contributed by atoms with E-state index < -0.39 is 0 Å². The Morgan fingerprint density at radius 1 is 1.43 bits per heavy atom. The smallest absolute Gasteiger partial charge is 0.0702 e. The van der Waals surface area contributed by atoms with Gasteiger partial charge >= 0.3 is 0 Å². The van der Waals surface area contributed by atoms with Crippen LogP contribution in [0.3, 0.4) is 0 Å². The fraction of sp³-hybridized carbons (Fsp3) is 0.143. The van der Waals surface area contributed by atoms with Crippen molar-refractivity contribution in [2.75, 3.05) is 0 Å². The summed E-state index contributed by atoms with van der Waals surface area (Å²) in [6, 6.07) is 7.28. The van der Waals surface area contributed by atoms with Crippen LogP contribution in [-0.4, -0.2) is 0 Å². The summed E-state index contributed by atoms with van der Waals surface area (Å²) >= 11 is 1.00. The zero-order valence-corrected chi connectivity index (χ0v) is 7.98. The molecule has 0 spiro atoms. The summed E-state index contributed by atoms with van der Waals surface area (Å²) in [6.45, 7) is 0.343. The zero-order chi connectivity index (χ0) is 10.2. The minimum absolute atomic E-state index is 0.343. The molecule has 1 aromatic carbocycles. The van der Waals surface area contributed by atoms with E-state index in [9.17, 15) is 0 Å². The minimum atomic E-state index is 0.343. The van der Waals surface area contributed by atoms with Gasteiger partial charge in [-0.25, -0.2) is 0 Å². The van der Waals surface area contributed by atoms with Crippen molar-refractivity contribution in [3.05, 3.63) is 40.3 Å². The highest BCUT2D eigenvalue weighted by molar-refractivity contribution is 7.94. The molecule has 0 fully saturated rings. The molecule has 0 unspecified atom stereocenters. The first-order valence-corrected chi connectivity index (χ1v) is 4.41. The maximum absolute atomic E-state index is 8.10. The largest absolute Gasteiger partial charge is 0.182 e. The fourth-order valence-corrected chi connectivity index (χ4v) is 1.19. The van der Waals surface area contributed by atoms with Crippen LogP contribution in [0.1, 0.15) is 5.56 Å². The van der Waals surface area contributed by atoms with Crippen molar-refractivity contribution in [1.29, 1.82) is 0 Å². The van der Waals surface area contributed by atoms with E-state index in [-0.39, 0.29) is 0 Å². The lowest BCUT2D eigenvalue weighted by atomic mass is 10.2. The minimum Gasteiger partial charge on any atom is -0.182 e. The number of rotatable bonds is 5. The summed E-state index contributed by atoms with van der Waals surface area (Å²) in [6.07, 6.45) is 0. The predicted molar refractivity (Wildman–Crippen MR) is 51.5 cm³/mol. The van der Waals surface area contributed by atoms with E-state index >= 15 is 0 Å². The average molecular weight is 212 g/mol. The van der Waals surface area contributed by atoms with Crippen molar-refractivity contribution in [2.24, 2.45) is 11.0 Å². The van der Waals surface area contributed by atoms with Gasteiger partial charge in [-0.1, -0.05) is 17.2 Å². The lowest BCUT2D eigenvalue weighted by Gasteiger charge is -1.99. The highest BCUT2D eigenvalue weighted by atomic mass is 32.2. The Morgan fingerprint density at radius 2 is 2.14 bits per heavy atom. The Bertz CT molecular complexity index is 323. The molecule has 74 valence electrons. The van der Waals surface area contributed by atoms with Gasteiger partial charge in [0.05, 0.1) is 18.6 Å². The third-order valence-electron chi connectivity index (χ3n) is 1.41.